The summed E-state index contributed by atoms with van der Waals surface area (Å²) >= 11 is 3.18. The first kappa shape index (κ1) is 13.8. The molecule has 1 fully saturated rings. The minimum Gasteiger partial charge on any atom is -0.374 e. The molecule has 0 atom stereocenters. The summed E-state index contributed by atoms with van der Waals surface area (Å²) in [5, 5.41) is 0. The average Bonchev–Trinajstić information content (AvgIpc) is 2.35. The van der Waals surface area contributed by atoms with Crippen molar-refractivity contribution in [2.24, 2.45) is 11.7 Å². The van der Waals surface area contributed by atoms with Gasteiger partial charge in [-0.1, -0.05) is 0 Å². The molecule has 0 unspecified atom stereocenters. The van der Waals surface area contributed by atoms with Crippen LogP contribution in [0.25, 0.3) is 0 Å². The average molecular weight is 315 g/mol. The van der Waals surface area contributed by atoms with E-state index in [4.69, 9.17) is 5.73 Å². The Morgan fingerprint density at radius 2 is 2.00 bits per heavy atom. The Balaban J connectivity index is 1.94. The zero-order valence-corrected chi connectivity index (χ0v) is 12.3. The molecule has 1 aromatic rings. The Kier molecular flexibility index (Phi) is 4.62. The van der Waals surface area contributed by atoms with Crippen molar-refractivity contribution in [3.63, 3.8) is 0 Å². The summed E-state index contributed by atoms with van der Waals surface area (Å²) in [4.78, 5) is 2.14. The lowest BCUT2D eigenvalue weighted by molar-refractivity contribution is 0.330. The molecule has 0 heterocycles. The van der Waals surface area contributed by atoms with Gasteiger partial charge in [-0.05, 0) is 65.7 Å². The van der Waals surface area contributed by atoms with Gasteiger partial charge in [-0.2, -0.15) is 0 Å². The lowest BCUT2D eigenvalue weighted by atomic mass is 9.86. The van der Waals surface area contributed by atoms with Gasteiger partial charge in [0, 0.05) is 25.3 Å². The van der Waals surface area contributed by atoms with Crippen molar-refractivity contribution in [2.45, 2.75) is 31.7 Å². The van der Waals surface area contributed by atoms with Gasteiger partial charge in [0.1, 0.15) is 5.82 Å². The van der Waals surface area contributed by atoms with Crippen LogP contribution in [-0.4, -0.2) is 19.6 Å². The van der Waals surface area contributed by atoms with Gasteiger partial charge in [0.2, 0.25) is 0 Å². The second-order valence-electron chi connectivity index (χ2n) is 5.26. The molecule has 0 amide bonds. The van der Waals surface area contributed by atoms with Crippen molar-refractivity contribution < 1.29 is 4.39 Å². The first-order valence-electron chi connectivity index (χ1n) is 6.48. The maximum Gasteiger partial charge on any atom is 0.139 e. The molecular formula is C14H20BrFN2. The molecule has 1 saturated carbocycles. The topological polar surface area (TPSA) is 29.3 Å². The lowest BCUT2D eigenvalue weighted by Crippen LogP contribution is -2.32. The van der Waals surface area contributed by atoms with Gasteiger partial charge in [-0.15, -0.1) is 0 Å². The third-order valence-electron chi connectivity index (χ3n) is 3.77. The smallest absolute Gasteiger partial charge is 0.139 e. The van der Waals surface area contributed by atoms with Crippen molar-refractivity contribution in [1.29, 1.82) is 0 Å². The van der Waals surface area contributed by atoms with E-state index in [9.17, 15) is 4.39 Å². The Morgan fingerprint density at radius 1 is 1.33 bits per heavy atom. The zero-order chi connectivity index (χ0) is 13.1. The molecule has 0 aliphatic heterocycles. The van der Waals surface area contributed by atoms with Gasteiger partial charge in [0.15, 0.2) is 0 Å². The Bertz CT molecular complexity index is 403. The van der Waals surface area contributed by atoms with E-state index >= 15 is 0 Å². The normalized spacial score (nSPS) is 24.0. The summed E-state index contributed by atoms with van der Waals surface area (Å²) in [6.07, 6.45) is 4.61. The monoisotopic (exact) mass is 314 g/mol. The fourth-order valence-electron chi connectivity index (χ4n) is 2.59. The van der Waals surface area contributed by atoms with E-state index in [1.165, 1.54) is 12.8 Å². The second-order valence-corrected chi connectivity index (χ2v) is 6.11. The molecule has 100 valence electrons. The first-order chi connectivity index (χ1) is 8.56. The van der Waals surface area contributed by atoms with Crippen molar-refractivity contribution in [1.82, 2.24) is 0 Å². The minimum atomic E-state index is -0.204. The van der Waals surface area contributed by atoms with Crippen LogP contribution in [-0.2, 0) is 0 Å². The molecule has 1 aliphatic rings. The van der Waals surface area contributed by atoms with Crippen molar-refractivity contribution in [3.05, 3.63) is 28.5 Å². The van der Waals surface area contributed by atoms with Gasteiger partial charge in [-0.3, -0.25) is 0 Å². The summed E-state index contributed by atoms with van der Waals surface area (Å²) in [5.41, 5.74) is 6.84. The van der Waals surface area contributed by atoms with Crippen LogP contribution in [0.4, 0.5) is 10.1 Å². The van der Waals surface area contributed by atoms with Crippen LogP contribution in [0.5, 0.6) is 0 Å². The summed E-state index contributed by atoms with van der Waals surface area (Å²) in [5.74, 6) is 0.478. The predicted molar refractivity (Wildman–Crippen MR) is 77.3 cm³/mol. The molecule has 18 heavy (non-hydrogen) atoms. The van der Waals surface area contributed by atoms with Crippen LogP contribution in [0.15, 0.2) is 22.7 Å². The van der Waals surface area contributed by atoms with Crippen molar-refractivity contribution in [2.75, 3.05) is 18.5 Å². The molecule has 4 heteroatoms. The number of rotatable bonds is 3. The highest BCUT2D eigenvalue weighted by molar-refractivity contribution is 9.10. The van der Waals surface area contributed by atoms with E-state index < -0.39 is 0 Å². The van der Waals surface area contributed by atoms with E-state index in [1.807, 2.05) is 13.1 Å². The van der Waals surface area contributed by atoms with E-state index in [-0.39, 0.29) is 5.82 Å². The Labute approximate surface area is 116 Å². The largest absolute Gasteiger partial charge is 0.374 e. The molecule has 0 radical (unpaired) electrons. The minimum absolute atomic E-state index is 0.204. The first-order valence-corrected chi connectivity index (χ1v) is 7.27. The van der Waals surface area contributed by atoms with Crippen molar-refractivity contribution in [3.8, 4) is 0 Å². The number of hydrogen-bond donors (Lipinski definition) is 1. The summed E-state index contributed by atoms with van der Waals surface area (Å²) in [7, 11) is 2.03. The Morgan fingerprint density at radius 3 is 2.61 bits per heavy atom. The molecule has 1 aliphatic carbocycles. The number of nitrogens with two attached hydrogens (primary N) is 1. The van der Waals surface area contributed by atoms with Crippen LogP contribution in [0, 0.1) is 11.7 Å². The van der Waals surface area contributed by atoms with Gasteiger partial charge in [0.05, 0.1) is 4.47 Å². The third kappa shape index (κ3) is 3.45. The molecular weight excluding hydrogens is 295 g/mol. The number of nitrogens with zero attached hydrogens (tertiary/aromatic N) is 1. The Hall–Kier alpha value is -0.610. The molecule has 0 aromatic heterocycles. The van der Waals surface area contributed by atoms with Crippen molar-refractivity contribution >= 4 is 21.6 Å². The number of anilines is 1. The quantitative estimate of drug-likeness (QED) is 0.924. The van der Waals surface area contributed by atoms with Crippen LogP contribution < -0.4 is 10.6 Å². The van der Waals surface area contributed by atoms with E-state index in [0.29, 0.717) is 16.4 Å². The summed E-state index contributed by atoms with van der Waals surface area (Å²) in [6, 6.07) is 5.68. The van der Waals surface area contributed by atoms with Crippen LogP contribution >= 0.6 is 15.9 Å². The van der Waals surface area contributed by atoms with Gasteiger partial charge in [0.25, 0.3) is 0 Å². The molecule has 0 bridgehead atoms. The fraction of sp³-hybridized carbons (Fsp3) is 0.571. The second kappa shape index (κ2) is 6.02. The molecule has 0 spiro atoms. The van der Waals surface area contributed by atoms with Crippen LogP contribution in [0.2, 0.25) is 0 Å². The highest BCUT2D eigenvalue weighted by Crippen LogP contribution is 2.27. The van der Waals surface area contributed by atoms with Gasteiger partial charge < -0.3 is 10.6 Å². The summed E-state index contributed by atoms with van der Waals surface area (Å²) < 4.78 is 14.0. The number of halogens is 2. The standard InChI is InChI=1S/C14H20BrFN2/c1-18(9-10-2-4-11(17)5-3-10)12-6-7-13(15)14(16)8-12/h6-8,10-11H,2-5,9,17H2,1H3/t10-,11-. The fourth-order valence-corrected chi connectivity index (χ4v) is 2.83. The molecule has 2 N–H and O–H groups in total. The lowest BCUT2D eigenvalue weighted by Gasteiger charge is -2.30. The molecule has 1 aromatic carbocycles. The maximum atomic E-state index is 13.5. The zero-order valence-electron chi connectivity index (χ0n) is 10.7. The molecule has 2 nitrogen and oxygen atoms in total. The predicted octanol–water partition coefficient (Wildman–Crippen LogP) is 3.54. The maximum absolute atomic E-state index is 13.5. The van der Waals surface area contributed by atoms with Crippen LogP contribution in [0.3, 0.4) is 0 Å². The number of benzene rings is 1. The van der Waals surface area contributed by atoms with E-state index in [0.717, 1.165) is 25.1 Å². The third-order valence-corrected chi connectivity index (χ3v) is 4.41. The van der Waals surface area contributed by atoms with Gasteiger partial charge >= 0.3 is 0 Å². The molecule has 2 rings (SSSR count). The number of hydrogen-bond acceptors (Lipinski definition) is 2. The van der Waals surface area contributed by atoms with Gasteiger partial charge in [-0.25, -0.2) is 4.39 Å². The van der Waals surface area contributed by atoms with E-state index in [2.05, 4.69) is 20.8 Å². The molecule has 0 saturated heterocycles. The van der Waals surface area contributed by atoms with Crippen LogP contribution in [0.1, 0.15) is 25.7 Å². The van der Waals surface area contributed by atoms with E-state index in [1.54, 1.807) is 12.1 Å². The summed E-state index contributed by atoms with van der Waals surface area (Å²) in [6.45, 7) is 0.980. The highest BCUT2D eigenvalue weighted by atomic mass is 79.9. The highest BCUT2D eigenvalue weighted by Gasteiger charge is 2.20. The SMILES string of the molecule is CN(C[C@H]1CC[C@H](N)CC1)c1ccc(Br)c(F)c1.